The summed E-state index contributed by atoms with van der Waals surface area (Å²) in [7, 11) is -2.19. The summed E-state index contributed by atoms with van der Waals surface area (Å²) in [6.07, 6.45) is 1.48. The van der Waals surface area contributed by atoms with E-state index in [-0.39, 0.29) is 27.2 Å². The first kappa shape index (κ1) is 21.0. The third-order valence-corrected chi connectivity index (χ3v) is 7.07. The van der Waals surface area contributed by atoms with Crippen molar-refractivity contribution in [3.05, 3.63) is 65.0 Å². The smallest absolute Gasteiger partial charge is 0.216 e. The first-order valence-electron chi connectivity index (χ1n) is 7.61. The number of hydrogen-bond donors (Lipinski definition) is 1. The van der Waals surface area contributed by atoms with Crippen molar-refractivity contribution < 1.29 is 12.8 Å². The van der Waals surface area contributed by atoms with Gasteiger partial charge in [0.05, 0.1) is 4.90 Å². The molecule has 2 heterocycles. The molecular weight excluding hydrogens is 409 g/mol. The van der Waals surface area contributed by atoms with Crippen molar-refractivity contribution in [1.29, 1.82) is 5.26 Å². The van der Waals surface area contributed by atoms with Gasteiger partial charge in [0.25, 0.3) is 0 Å². The van der Waals surface area contributed by atoms with Gasteiger partial charge in [-0.05, 0) is 43.4 Å². The highest BCUT2D eigenvalue weighted by molar-refractivity contribution is 7.93. The minimum atomic E-state index is -3.95. The Morgan fingerprint density at radius 3 is 2.67 bits per heavy atom. The van der Waals surface area contributed by atoms with Crippen LogP contribution in [0.3, 0.4) is 0 Å². The number of thiophene rings is 1. The summed E-state index contributed by atoms with van der Waals surface area (Å²) >= 11 is 1.10. The van der Waals surface area contributed by atoms with Crippen molar-refractivity contribution in [1.82, 2.24) is 10.3 Å². The van der Waals surface area contributed by atoms with Crippen molar-refractivity contribution in [3.8, 4) is 17.2 Å². The van der Waals surface area contributed by atoms with E-state index < -0.39 is 15.7 Å². The van der Waals surface area contributed by atoms with Gasteiger partial charge in [0.2, 0.25) is 9.84 Å². The van der Waals surface area contributed by atoms with Crippen LogP contribution in [-0.4, -0.2) is 20.4 Å². The Bertz CT molecular complexity index is 1110. The fourth-order valence-corrected chi connectivity index (χ4v) is 5.68. The third kappa shape index (κ3) is 4.17. The largest absolute Gasteiger partial charge is 0.315 e. The first-order chi connectivity index (χ1) is 12.5. The van der Waals surface area contributed by atoms with E-state index in [0.29, 0.717) is 17.7 Å². The van der Waals surface area contributed by atoms with Gasteiger partial charge in [0.1, 0.15) is 21.8 Å². The monoisotopic (exact) mass is 423 g/mol. The Hall–Kier alpha value is -2.31. The summed E-state index contributed by atoms with van der Waals surface area (Å²) in [5, 5.41) is 12.3. The highest BCUT2D eigenvalue weighted by Gasteiger charge is 2.27. The van der Waals surface area contributed by atoms with E-state index in [9.17, 15) is 18.1 Å². The molecule has 140 valence electrons. The van der Waals surface area contributed by atoms with E-state index in [1.54, 1.807) is 25.2 Å². The molecule has 0 saturated heterocycles. The molecule has 5 nitrogen and oxygen atoms in total. The van der Waals surface area contributed by atoms with Crippen molar-refractivity contribution >= 4 is 33.6 Å². The number of nitrogens with zero attached hydrogens (tertiary/aromatic N) is 2. The van der Waals surface area contributed by atoms with E-state index in [4.69, 9.17) is 0 Å². The van der Waals surface area contributed by atoms with Gasteiger partial charge in [-0.15, -0.1) is 23.7 Å². The Morgan fingerprint density at radius 1 is 1.22 bits per heavy atom. The lowest BCUT2D eigenvalue weighted by Crippen LogP contribution is -2.03. The molecular formula is C18H15ClFN3O2S2. The molecule has 27 heavy (non-hydrogen) atoms. The molecule has 0 aliphatic heterocycles. The van der Waals surface area contributed by atoms with Crippen LogP contribution in [-0.2, 0) is 16.4 Å². The number of hydrogen-bond acceptors (Lipinski definition) is 6. The quantitative estimate of drug-likeness (QED) is 0.675. The number of halogens is 2. The van der Waals surface area contributed by atoms with Crippen LogP contribution in [0.1, 0.15) is 10.6 Å². The van der Waals surface area contributed by atoms with Crippen LogP contribution in [0.15, 0.2) is 57.8 Å². The van der Waals surface area contributed by atoms with E-state index in [0.717, 1.165) is 22.3 Å². The SMILES string of the molecule is CNCc1cc(-c2cccnc2C#N)c(S(=O)(=O)c2cccc(F)c2)s1.Cl. The Morgan fingerprint density at radius 2 is 2.00 bits per heavy atom. The summed E-state index contributed by atoms with van der Waals surface area (Å²) in [5.41, 5.74) is 0.967. The van der Waals surface area contributed by atoms with Crippen molar-refractivity contribution in [3.63, 3.8) is 0 Å². The maximum absolute atomic E-state index is 13.6. The molecule has 0 saturated carbocycles. The van der Waals surface area contributed by atoms with Crippen molar-refractivity contribution in [2.24, 2.45) is 0 Å². The molecule has 9 heteroatoms. The minimum Gasteiger partial charge on any atom is -0.315 e. The summed E-state index contributed by atoms with van der Waals surface area (Å²) in [6.45, 7) is 0.471. The van der Waals surface area contributed by atoms with Gasteiger partial charge in [-0.25, -0.2) is 17.8 Å². The second-order valence-corrected chi connectivity index (χ2v) is 8.70. The molecule has 2 aromatic heterocycles. The van der Waals surface area contributed by atoms with E-state index >= 15 is 0 Å². The number of aromatic nitrogens is 1. The van der Waals surface area contributed by atoms with Crippen molar-refractivity contribution in [2.45, 2.75) is 15.6 Å². The Balaban J connectivity index is 0.00000261. The Kier molecular flexibility index (Phi) is 6.68. The zero-order chi connectivity index (χ0) is 18.7. The minimum absolute atomic E-state index is 0. The predicted octanol–water partition coefficient (Wildman–Crippen LogP) is 3.79. The molecule has 0 fully saturated rings. The number of sulfone groups is 1. The number of nitriles is 1. The number of rotatable bonds is 5. The lowest BCUT2D eigenvalue weighted by atomic mass is 10.1. The molecule has 0 atom stereocenters. The fraction of sp³-hybridized carbons (Fsp3) is 0.111. The maximum Gasteiger partial charge on any atom is 0.216 e. The van der Waals surface area contributed by atoms with Gasteiger partial charge in [-0.1, -0.05) is 6.07 Å². The average Bonchev–Trinajstić information content (AvgIpc) is 3.06. The zero-order valence-electron chi connectivity index (χ0n) is 14.1. The van der Waals surface area contributed by atoms with Gasteiger partial charge >= 0.3 is 0 Å². The molecule has 0 radical (unpaired) electrons. The second-order valence-electron chi connectivity index (χ2n) is 5.42. The van der Waals surface area contributed by atoms with Crippen LogP contribution in [0.4, 0.5) is 4.39 Å². The summed E-state index contributed by atoms with van der Waals surface area (Å²) < 4.78 is 39.9. The van der Waals surface area contributed by atoms with Crippen LogP contribution in [0.25, 0.3) is 11.1 Å². The highest BCUT2D eigenvalue weighted by Crippen LogP contribution is 2.39. The van der Waals surface area contributed by atoms with Crippen molar-refractivity contribution in [2.75, 3.05) is 7.05 Å². The number of nitrogens with one attached hydrogen (secondary N) is 1. The van der Waals surface area contributed by atoms with Gasteiger partial charge in [-0.3, -0.25) is 0 Å². The topological polar surface area (TPSA) is 82.8 Å². The maximum atomic E-state index is 13.6. The first-order valence-corrected chi connectivity index (χ1v) is 9.91. The Labute approximate surface area is 166 Å². The summed E-state index contributed by atoms with van der Waals surface area (Å²) in [4.78, 5) is 4.67. The van der Waals surface area contributed by atoms with E-state index in [1.165, 1.54) is 24.4 Å². The van der Waals surface area contributed by atoms with Crippen LogP contribution >= 0.6 is 23.7 Å². The second kappa shape index (κ2) is 8.59. The average molecular weight is 424 g/mol. The predicted molar refractivity (Wildman–Crippen MR) is 104 cm³/mol. The molecule has 0 aliphatic carbocycles. The summed E-state index contributed by atoms with van der Waals surface area (Å²) in [6, 6.07) is 11.9. The van der Waals surface area contributed by atoms with Gasteiger partial charge in [0.15, 0.2) is 0 Å². The van der Waals surface area contributed by atoms with Gasteiger partial charge in [-0.2, -0.15) is 5.26 Å². The van der Waals surface area contributed by atoms with Crippen LogP contribution < -0.4 is 5.32 Å². The van der Waals surface area contributed by atoms with Crippen LogP contribution in [0.5, 0.6) is 0 Å². The van der Waals surface area contributed by atoms with E-state index in [2.05, 4.69) is 10.3 Å². The lowest BCUT2D eigenvalue weighted by molar-refractivity contribution is 0.593. The normalized spacial score (nSPS) is 10.9. The van der Waals surface area contributed by atoms with Crippen LogP contribution in [0, 0.1) is 17.1 Å². The van der Waals surface area contributed by atoms with Gasteiger partial charge < -0.3 is 5.32 Å². The number of benzene rings is 1. The van der Waals surface area contributed by atoms with Crippen LogP contribution in [0.2, 0.25) is 0 Å². The summed E-state index contributed by atoms with van der Waals surface area (Å²) in [5.74, 6) is -0.626. The molecule has 0 amide bonds. The number of pyridine rings is 1. The molecule has 0 bridgehead atoms. The molecule has 1 N–H and O–H groups in total. The fourth-order valence-electron chi connectivity index (χ4n) is 2.53. The molecule has 3 rings (SSSR count). The third-order valence-electron chi connectivity index (χ3n) is 3.65. The molecule has 1 aromatic carbocycles. The van der Waals surface area contributed by atoms with E-state index in [1.807, 2.05) is 6.07 Å². The highest BCUT2D eigenvalue weighted by atomic mass is 35.5. The molecule has 0 spiro atoms. The standard InChI is InChI=1S/C18H14FN3O2S2.ClH/c1-21-11-13-9-16(15-6-3-7-22-17(15)10-20)18(25-13)26(23,24)14-5-2-4-12(19)8-14;/h2-9,21H,11H2,1H3;1H. The molecule has 0 aliphatic rings. The van der Waals surface area contributed by atoms with Gasteiger partial charge in [0, 0.05) is 28.7 Å². The molecule has 0 unspecified atom stereocenters. The molecule has 3 aromatic rings. The lowest BCUT2D eigenvalue weighted by Gasteiger charge is -2.07. The zero-order valence-corrected chi connectivity index (χ0v) is 16.6.